The van der Waals surface area contributed by atoms with Crippen molar-refractivity contribution in [1.82, 2.24) is 5.32 Å². The van der Waals surface area contributed by atoms with Crippen LogP contribution in [0.3, 0.4) is 0 Å². The second kappa shape index (κ2) is 6.59. The molecule has 0 saturated carbocycles. The monoisotopic (exact) mass is 354 g/mol. The molecule has 2 amide bonds. The van der Waals surface area contributed by atoms with E-state index in [1.807, 2.05) is 30.3 Å². The second-order valence-electron chi connectivity index (χ2n) is 6.12. The Morgan fingerprint density at radius 2 is 1.96 bits per heavy atom. The van der Waals surface area contributed by atoms with Gasteiger partial charge in [0.15, 0.2) is 17.6 Å². The first-order chi connectivity index (χ1) is 12.6. The molecule has 134 valence electrons. The van der Waals surface area contributed by atoms with Gasteiger partial charge in [-0.3, -0.25) is 14.5 Å². The maximum Gasteiger partial charge on any atom is 0.268 e. The van der Waals surface area contributed by atoms with E-state index in [0.29, 0.717) is 29.5 Å². The number of amides is 2. The van der Waals surface area contributed by atoms with Crippen LogP contribution in [0.25, 0.3) is 0 Å². The summed E-state index contributed by atoms with van der Waals surface area (Å²) >= 11 is 0. The Balaban J connectivity index is 1.42. The van der Waals surface area contributed by atoms with E-state index in [1.54, 1.807) is 19.1 Å². The number of hydrogen-bond acceptors (Lipinski definition) is 5. The number of carbonyl (C=O) groups excluding carboxylic acids is 2. The highest BCUT2D eigenvalue weighted by Gasteiger charge is 2.32. The molecule has 7 heteroatoms. The minimum atomic E-state index is -0.619. The molecule has 7 nitrogen and oxygen atoms in total. The molecule has 1 N–H and O–H groups in total. The van der Waals surface area contributed by atoms with Crippen LogP contribution in [-0.2, 0) is 16.1 Å². The zero-order chi connectivity index (χ0) is 18.1. The van der Waals surface area contributed by atoms with Crippen LogP contribution >= 0.6 is 0 Å². The van der Waals surface area contributed by atoms with Crippen LogP contribution in [0.15, 0.2) is 42.5 Å². The van der Waals surface area contributed by atoms with Crippen LogP contribution in [0.4, 0.5) is 5.69 Å². The highest BCUT2D eigenvalue weighted by molar-refractivity contribution is 6.03. The van der Waals surface area contributed by atoms with Gasteiger partial charge in [-0.15, -0.1) is 0 Å². The molecule has 1 atom stereocenters. The van der Waals surface area contributed by atoms with Crippen LogP contribution in [-0.4, -0.2) is 31.3 Å². The quantitative estimate of drug-likeness (QED) is 0.907. The summed E-state index contributed by atoms with van der Waals surface area (Å²) in [4.78, 5) is 26.3. The predicted octanol–water partition coefficient (Wildman–Crippen LogP) is 1.85. The van der Waals surface area contributed by atoms with E-state index in [9.17, 15) is 9.59 Å². The first-order valence-corrected chi connectivity index (χ1v) is 8.34. The van der Waals surface area contributed by atoms with Crippen molar-refractivity contribution in [2.45, 2.75) is 19.6 Å². The highest BCUT2D eigenvalue weighted by Crippen LogP contribution is 2.34. The van der Waals surface area contributed by atoms with Crippen molar-refractivity contribution < 1.29 is 23.8 Å². The Kier molecular flexibility index (Phi) is 4.12. The maximum atomic E-state index is 12.4. The standard InChI is InChI=1S/C19H18N2O5/c1-12-19(23)21(14-4-2-3-5-15(14)26-12)10-18(22)20-9-13-6-7-16-17(8-13)25-11-24-16/h2-8,12H,9-11H2,1H3,(H,20,22)/t12-/m1/s1. The van der Waals surface area contributed by atoms with Crippen LogP contribution < -0.4 is 24.4 Å². The minimum absolute atomic E-state index is 0.0614. The average molecular weight is 354 g/mol. The summed E-state index contributed by atoms with van der Waals surface area (Å²) in [5, 5.41) is 2.83. The third kappa shape index (κ3) is 3.03. The lowest BCUT2D eigenvalue weighted by Crippen LogP contribution is -2.48. The number of benzene rings is 2. The smallest absolute Gasteiger partial charge is 0.268 e. The van der Waals surface area contributed by atoms with Crippen LogP contribution in [0.5, 0.6) is 17.2 Å². The summed E-state index contributed by atoms with van der Waals surface area (Å²) in [6.45, 7) is 2.16. The molecular weight excluding hydrogens is 336 g/mol. The Morgan fingerprint density at radius 1 is 1.15 bits per heavy atom. The first kappa shape index (κ1) is 16.3. The molecule has 4 rings (SSSR count). The molecule has 0 aromatic heterocycles. The topological polar surface area (TPSA) is 77.1 Å². The van der Waals surface area contributed by atoms with E-state index in [4.69, 9.17) is 14.2 Å². The fourth-order valence-electron chi connectivity index (χ4n) is 2.97. The molecule has 0 spiro atoms. The van der Waals surface area contributed by atoms with Crippen molar-refractivity contribution in [3.63, 3.8) is 0 Å². The average Bonchev–Trinajstić information content (AvgIpc) is 3.11. The Labute approximate surface area is 150 Å². The Morgan fingerprint density at radius 3 is 2.85 bits per heavy atom. The zero-order valence-electron chi connectivity index (χ0n) is 14.2. The van der Waals surface area contributed by atoms with E-state index in [2.05, 4.69) is 5.32 Å². The van der Waals surface area contributed by atoms with Gasteiger partial charge in [-0.2, -0.15) is 0 Å². The number of fused-ring (bicyclic) bond motifs is 2. The van der Waals surface area contributed by atoms with Gasteiger partial charge in [0.05, 0.1) is 5.69 Å². The van der Waals surface area contributed by atoms with Crippen molar-refractivity contribution in [1.29, 1.82) is 0 Å². The van der Waals surface area contributed by atoms with Crippen molar-refractivity contribution in [3.05, 3.63) is 48.0 Å². The van der Waals surface area contributed by atoms with Gasteiger partial charge >= 0.3 is 0 Å². The summed E-state index contributed by atoms with van der Waals surface area (Å²) in [5.41, 5.74) is 1.50. The van der Waals surface area contributed by atoms with E-state index >= 15 is 0 Å². The molecular formula is C19H18N2O5. The van der Waals surface area contributed by atoms with Crippen LogP contribution in [0.1, 0.15) is 12.5 Å². The zero-order valence-corrected chi connectivity index (χ0v) is 14.2. The number of rotatable bonds is 4. The summed E-state index contributed by atoms with van der Waals surface area (Å²) < 4.78 is 16.2. The third-order valence-electron chi connectivity index (χ3n) is 4.30. The Bertz CT molecular complexity index is 867. The number of carbonyl (C=O) groups is 2. The molecule has 0 radical (unpaired) electrons. The summed E-state index contributed by atoms with van der Waals surface area (Å²) in [6.07, 6.45) is -0.619. The van der Waals surface area contributed by atoms with Gasteiger partial charge < -0.3 is 19.5 Å². The highest BCUT2D eigenvalue weighted by atomic mass is 16.7. The van der Waals surface area contributed by atoms with Gasteiger partial charge in [0.2, 0.25) is 12.7 Å². The number of ether oxygens (including phenoxy) is 3. The van der Waals surface area contributed by atoms with Crippen LogP contribution in [0, 0.1) is 0 Å². The summed E-state index contributed by atoms with van der Waals surface area (Å²) in [5.74, 6) is 1.48. The normalized spacial score (nSPS) is 17.5. The fourth-order valence-corrected chi connectivity index (χ4v) is 2.97. The molecule has 2 aliphatic heterocycles. The van der Waals surface area contributed by atoms with E-state index < -0.39 is 6.10 Å². The lowest BCUT2D eigenvalue weighted by atomic mass is 10.2. The van der Waals surface area contributed by atoms with Crippen LogP contribution in [0.2, 0.25) is 0 Å². The van der Waals surface area contributed by atoms with E-state index in [1.165, 1.54) is 4.90 Å². The van der Waals surface area contributed by atoms with Crippen molar-refractivity contribution >= 4 is 17.5 Å². The van der Waals surface area contributed by atoms with Gasteiger partial charge in [0, 0.05) is 6.54 Å². The number of para-hydroxylation sites is 2. The molecule has 0 bridgehead atoms. The Hall–Kier alpha value is -3.22. The van der Waals surface area contributed by atoms with Gasteiger partial charge in [-0.1, -0.05) is 18.2 Å². The van der Waals surface area contributed by atoms with E-state index in [0.717, 1.165) is 5.56 Å². The number of anilines is 1. The van der Waals surface area contributed by atoms with Crippen molar-refractivity contribution in [3.8, 4) is 17.2 Å². The molecule has 2 aromatic rings. The molecule has 0 fully saturated rings. The largest absolute Gasteiger partial charge is 0.479 e. The molecule has 0 unspecified atom stereocenters. The lowest BCUT2D eigenvalue weighted by molar-refractivity contribution is -0.128. The fraction of sp³-hybridized carbons (Fsp3) is 0.263. The summed E-state index contributed by atoms with van der Waals surface area (Å²) in [6, 6.07) is 12.7. The maximum absolute atomic E-state index is 12.4. The first-order valence-electron chi connectivity index (χ1n) is 8.34. The van der Waals surface area contributed by atoms with Gasteiger partial charge in [0.1, 0.15) is 12.3 Å². The minimum Gasteiger partial charge on any atom is -0.479 e. The molecule has 2 heterocycles. The molecule has 2 aromatic carbocycles. The number of nitrogens with zero attached hydrogens (tertiary/aromatic N) is 1. The second-order valence-corrected chi connectivity index (χ2v) is 6.12. The third-order valence-corrected chi connectivity index (χ3v) is 4.30. The van der Waals surface area contributed by atoms with Gasteiger partial charge in [-0.05, 0) is 36.8 Å². The van der Waals surface area contributed by atoms with Crippen molar-refractivity contribution in [2.24, 2.45) is 0 Å². The van der Waals surface area contributed by atoms with Crippen molar-refractivity contribution in [2.75, 3.05) is 18.2 Å². The molecule has 0 aliphatic carbocycles. The SMILES string of the molecule is C[C@H]1Oc2ccccc2N(CC(=O)NCc2ccc3c(c2)OCO3)C1=O. The van der Waals surface area contributed by atoms with Gasteiger partial charge in [0.25, 0.3) is 5.91 Å². The summed E-state index contributed by atoms with van der Waals surface area (Å²) in [7, 11) is 0. The van der Waals surface area contributed by atoms with E-state index in [-0.39, 0.29) is 25.2 Å². The number of hydrogen-bond donors (Lipinski definition) is 1. The lowest BCUT2D eigenvalue weighted by Gasteiger charge is -2.32. The molecule has 26 heavy (non-hydrogen) atoms. The predicted molar refractivity (Wildman–Crippen MR) is 93.3 cm³/mol. The molecule has 2 aliphatic rings. The number of nitrogens with one attached hydrogen (secondary N) is 1. The molecule has 0 saturated heterocycles. The van der Waals surface area contributed by atoms with Gasteiger partial charge in [-0.25, -0.2) is 0 Å².